The van der Waals surface area contributed by atoms with E-state index in [1.54, 1.807) is 12.1 Å². The van der Waals surface area contributed by atoms with E-state index in [-0.39, 0.29) is 10.9 Å². The summed E-state index contributed by atoms with van der Waals surface area (Å²) in [6.45, 7) is 2.24. The van der Waals surface area contributed by atoms with Crippen molar-refractivity contribution in [1.82, 2.24) is 4.72 Å². The Labute approximate surface area is 116 Å². The van der Waals surface area contributed by atoms with E-state index in [9.17, 15) is 8.42 Å². The van der Waals surface area contributed by atoms with E-state index in [0.29, 0.717) is 16.9 Å². The van der Waals surface area contributed by atoms with E-state index in [0.717, 1.165) is 18.4 Å². The van der Waals surface area contributed by atoms with Gasteiger partial charge in [0.2, 0.25) is 10.0 Å². The second kappa shape index (κ2) is 5.28. The number of nitrogens with two attached hydrogens (primary N) is 1. The lowest BCUT2D eigenvalue weighted by atomic mass is 10.2. The van der Waals surface area contributed by atoms with Crippen LogP contribution in [0.25, 0.3) is 0 Å². The van der Waals surface area contributed by atoms with Crippen LogP contribution >= 0.6 is 15.9 Å². The van der Waals surface area contributed by atoms with E-state index in [2.05, 4.69) is 20.7 Å². The average molecular weight is 333 g/mol. The van der Waals surface area contributed by atoms with Crippen LogP contribution in [0.2, 0.25) is 0 Å². The fourth-order valence-electron chi connectivity index (χ4n) is 1.88. The smallest absolute Gasteiger partial charge is 0.241 e. The summed E-state index contributed by atoms with van der Waals surface area (Å²) in [7, 11) is -3.48. The van der Waals surface area contributed by atoms with E-state index >= 15 is 0 Å². The molecule has 0 aromatic heterocycles. The van der Waals surface area contributed by atoms with Crippen molar-refractivity contribution in [2.45, 2.75) is 37.2 Å². The predicted octanol–water partition coefficient (Wildman–Crippen LogP) is 1.98. The molecule has 1 aliphatic rings. The first-order valence-corrected chi connectivity index (χ1v) is 8.22. The lowest BCUT2D eigenvalue weighted by molar-refractivity contribution is 0.537. The monoisotopic (exact) mass is 332 g/mol. The third-order valence-corrected chi connectivity index (χ3v) is 5.74. The van der Waals surface area contributed by atoms with Crippen molar-refractivity contribution in [3.05, 3.63) is 28.2 Å². The molecule has 1 unspecified atom stereocenters. The number of hydrogen-bond acceptors (Lipinski definition) is 3. The lowest BCUT2D eigenvalue weighted by Gasteiger charge is -2.14. The molecule has 18 heavy (non-hydrogen) atoms. The minimum Gasteiger partial charge on any atom is -0.326 e. The van der Waals surface area contributed by atoms with Crippen LogP contribution in [-0.4, -0.2) is 14.5 Å². The normalized spacial score (nSPS) is 17.7. The van der Waals surface area contributed by atoms with Gasteiger partial charge in [0.15, 0.2) is 0 Å². The van der Waals surface area contributed by atoms with Gasteiger partial charge in [0.1, 0.15) is 0 Å². The van der Waals surface area contributed by atoms with Crippen LogP contribution < -0.4 is 10.5 Å². The molecule has 3 N–H and O–H groups in total. The third kappa shape index (κ3) is 3.12. The van der Waals surface area contributed by atoms with Crippen LogP contribution in [-0.2, 0) is 16.6 Å². The molecule has 1 aromatic rings. The Morgan fingerprint density at radius 1 is 1.50 bits per heavy atom. The number of benzene rings is 1. The Morgan fingerprint density at radius 3 is 2.72 bits per heavy atom. The molecule has 2 rings (SSSR count). The molecule has 0 heterocycles. The maximum Gasteiger partial charge on any atom is 0.241 e. The SMILES string of the molecule is CC(NS(=O)(=O)c1cc(CN)ccc1Br)C1CC1. The van der Waals surface area contributed by atoms with Gasteiger partial charge in [-0.3, -0.25) is 0 Å². The highest BCUT2D eigenvalue weighted by atomic mass is 79.9. The van der Waals surface area contributed by atoms with Gasteiger partial charge < -0.3 is 5.73 Å². The lowest BCUT2D eigenvalue weighted by Crippen LogP contribution is -2.34. The molecule has 1 aromatic carbocycles. The van der Waals surface area contributed by atoms with Crippen LogP contribution in [0, 0.1) is 5.92 Å². The Morgan fingerprint density at radius 2 is 2.17 bits per heavy atom. The molecule has 0 aliphatic heterocycles. The van der Waals surface area contributed by atoms with E-state index in [1.807, 2.05) is 13.0 Å². The van der Waals surface area contributed by atoms with Crippen molar-refractivity contribution in [2.24, 2.45) is 11.7 Å². The molecule has 0 radical (unpaired) electrons. The summed E-state index contributed by atoms with van der Waals surface area (Å²) in [4.78, 5) is 0.262. The highest BCUT2D eigenvalue weighted by molar-refractivity contribution is 9.10. The first-order valence-electron chi connectivity index (χ1n) is 5.95. The van der Waals surface area contributed by atoms with E-state index < -0.39 is 10.0 Å². The molecule has 1 atom stereocenters. The fourth-order valence-corrected chi connectivity index (χ4v) is 4.21. The van der Waals surface area contributed by atoms with E-state index in [4.69, 9.17) is 5.73 Å². The third-order valence-electron chi connectivity index (χ3n) is 3.19. The Kier molecular flexibility index (Phi) is 4.11. The second-order valence-electron chi connectivity index (χ2n) is 4.72. The highest BCUT2D eigenvalue weighted by Gasteiger charge is 2.31. The Hall–Kier alpha value is -0.430. The van der Waals surface area contributed by atoms with Crippen molar-refractivity contribution in [3.63, 3.8) is 0 Å². The summed E-state index contributed by atoms with van der Waals surface area (Å²) in [5.41, 5.74) is 6.34. The fraction of sp³-hybridized carbons (Fsp3) is 0.500. The first-order chi connectivity index (χ1) is 8.44. The van der Waals surface area contributed by atoms with Gasteiger partial charge in [-0.05, 0) is 59.3 Å². The molecular weight excluding hydrogens is 316 g/mol. The number of sulfonamides is 1. The predicted molar refractivity (Wildman–Crippen MR) is 74.5 cm³/mol. The number of hydrogen-bond donors (Lipinski definition) is 2. The standard InChI is InChI=1S/C12H17BrN2O2S/c1-8(10-3-4-10)15-18(16,17)12-6-9(7-14)2-5-11(12)13/h2,5-6,8,10,15H,3-4,7,14H2,1H3. The van der Waals surface area contributed by atoms with Crippen molar-refractivity contribution >= 4 is 26.0 Å². The zero-order chi connectivity index (χ0) is 13.3. The number of halogens is 1. The largest absolute Gasteiger partial charge is 0.326 e. The molecule has 1 saturated carbocycles. The van der Waals surface area contributed by atoms with Crippen LogP contribution in [0.4, 0.5) is 0 Å². The van der Waals surface area contributed by atoms with Crippen molar-refractivity contribution in [2.75, 3.05) is 0 Å². The van der Waals surface area contributed by atoms with Gasteiger partial charge in [-0.2, -0.15) is 0 Å². The molecule has 100 valence electrons. The van der Waals surface area contributed by atoms with Gasteiger partial charge >= 0.3 is 0 Å². The van der Waals surface area contributed by atoms with Gasteiger partial charge in [-0.15, -0.1) is 0 Å². The van der Waals surface area contributed by atoms with Gasteiger partial charge in [-0.1, -0.05) is 6.07 Å². The Bertz CT molecular complexity index is 541. The summed E-state index contributed by atoms with van der Waals surface area (Å²) in [6.07, 6.45) is 2.21. The molecule has 0 saturated heterocycles. The van der Waals surface area contributed by atoms with Gasteiger partial charge in [0, 0.05) is 17.1 Å². The van der Waals surface area contributed by atoms with E-state index in [1.165, 1.54) is 0 Å². The minimum absolute atomic E-state index is 0.0107. The molecule has 6 heteroatoms. The van der Waals surface area contributed by atoms with Gasteiger partial charge in [0.25, 0.3) is 0 Å². The zero-order valence-electron chi connectivity index (χ0n) is 10.2. The van der Waals surface area contributed by atoms with Crippen molar-refractivity contribution in [1.29, 1.82) is 0 Å². The van der Waals surface area contributed by atoms with Crippen LogP contribution in [0.1, 0.15) is 25.3 Å². The molecule has 1 aliphatic carbocycles. The maximum atomic E-state index is 12.3. The van der Waals surface area contributed by atoms with Crippen LogP contribution in [0.3, 0.4) is 0 Å². The molecule has 4 nitrogen and oxygen atoms in total. The van der Waals surface area contributed by atoms with Crippen LogP contribution in [0.15, 0.2) is 27.6 Å². The molecule has 0 bridgehead atoms. The highest BCUT2D eigenvalue weighted by Crippen LogP contribution is 2.33. The zero-order valence-corrected chi connectivity index (χ0v) is 12.6. The second-order valence-corrected chi connectivity index (χ2v) is 7.25. The first kappa shape index (κ1) is 14.0. The van der Waals surface area contributed by atoms with Crippen molar-refractivity contribution in [3.8, 4) is 0 Å². The summed E-state index contributed by atoms with van der Waals surface area (Å²) >= 11 is 3.28. The van der Waals surface area contributed by atoms with Crippen LogP contribution in [0.5, 0.6) is 0 Å². The molecular formula is C12H17BrN2O2S. The Balaban J connectivity index is 2.27. The van der Waals surface area contributed by atoms with Gasteiger partial charge in [0.05, 0.1) is 4.90 Å². The topological polar surface area (TPSA) is 72.2 Å². The molecule has 0 spiro atoms. The summed E-state index contributed by atoms with van der Waals surface area (Å²) in [5, 5.41) is 0. The summed E-state index contributed by atoms with van der Waals surface area (Å²) in [6, 6.07) is 5.14. The molecule has 1 fully saturated rings. The van der Waals surface area contributed by atoms with Gasteiger partial charge in [-0.25, -0.2) is 13.1 Å². The van der Waals surface area contributed by atoms with Crippen molar-refractivity contribution < 1.29 is 8.42 Å². The summed E-state index contributed by atoms with van der Waals surface area (Å²) < 4.78 is 27.9. The quantitative estimate of drug-likeness (QED) is 0.865. The summed E-state index contributed by atoms with van der Waals surface area (Å²) in [5.74, 6) is 0.483. The minimum atomic E-state index is -3.48. The number of rotatable bonds is 5. The maximum absolute atomic E-state index is 12.3. The number of nitrogens with one attached hydrogen (secondary N) is 1. The average Bonchev–Trinajstić information content (AvgIpc) is 3.12. The molecule has 0 amide bonds.